The molecule has 5 heteroatoms. The van der Waals surface area contributed by atoms with E-state index in [1.807, 2.05) is 53.4 Å². The molecule has 4 aromatic rings. The van der Waals surface area contributed by atoms with Crippen LogP contribution in [0.15, 0.2) is 78.9 Å². The van der Waals surface area contributed by atoms with E-state index in [4.69, 9.17) is 16.6 Å². The van der Waals surface area contributed by atoms with Gasteiger partial charge < -0.3 is 9.47 Å². The van der Waals surface area contributed by atoms with Crippen LogP contribution in [0.4, 0.5) is 5.69 Å². The molecule has 0 aliphatic carbocycles. The monoisotopic (exact) mass is 401 g/mol. The fraction of sp³-hybridized carbons (Fsp3) is 0.167. The van der Waals surface area contributed by atoms with Crippen molar-refractivity contribution >= 4 is 34.2 Å². The summed E-state index contributed by atoms with van der Waals surface area (Å²) in [7, 11) is 0. The van der Waals surface area contributed by atoms with Gasteiger partial charge in [-0.05, 0) is 42.0 Å². The predicted molar refractivity (Wildman–Crippen MR) is 116 cm³/mol. The van der Waals surface area contributed by atoms with Crippen molar-refractivity contribution in [2.24, 2.45) is 0 Å². The lowest BCUT2D eigenvalue weighted by atomic mass is 10.1. The summed E-state index contributed by atoms with van der Waals surface area (Å²) >= 11 is 6.01. The first-order valence-corrected chi connectivity index (χ1v) is 10.1. The van der Waals surface area contributed by atoms with Crippen molar-refractivity contribution in [1.29, 1.82) is 0 Å². The average Bonchev–Trinajstić information content (AvgIpc) is 3.30. The first kappa shape index (κ1) is 18.0. The minimum absolute atomic E-state index is 0.0503. The molecule has 2 heterocycles. The van der Waals surface area contributed by atoms with Crippen molar-refractivity contribution in [3.05, 3.63) is 95.3 Å². The maximum Gasteiger partial charge on any atom is 0.227 e. The number of para-hydroxylation sites is 2. The smallest absolute Gasteiger partial charge is 0.227 e. The van der Waals surface area contributed by atoms with E-state index >= 15 is 0 Å². The van der Waals surface area contributed by atoms with Gasteiger partial charge >= 0.3 is 0 Å². The number of carbonyl (C=O) groups excluding carboxylic acids is 1. The highest BCUT2D eigenvalue weighted by Gasteiger charge is 2.34. The molecule has 1 unspecified atom stereocenters. The molecular weight excluding hydrogens is 382 g/mol. The highest BCUT2D eigenvalue weighted by Crippen LogP contribution is 2.34. The van der Waals surface area contributed by atoms with E-state index in [-0.39, 0.29) is 11.8 Å². The molecule has 0 radical (unpaired) electrons. The molecule has 1 amide bonds. The summed E-state index contributed by atoms with van der Waals surface area (Å²) in [4.78, 5) is 19.6. The van der Waals surface area contributed by atoms with Gasteiger partial charge in [-0.2, -0.15) is 0 Å². The highest BCUT2D eigenvalue weighted by atomic mass is 35.5. The van der Waals surface area contributed by atoms with Gasteiger partial charge in [0.2, 0.25) is 5.91 Å². The van der Waals surface area contributed by atoms with E-state index in [2.05, 4.69) is 34.9 Å². The van der Waals surface area contributed by atoms with Gasteiger partial charge in [0.1, 0.15) is 5.82 Å². The Morgan fingerprint density at radius 1 is 0.931 bits per heavy atom. The number of nitrogens with zero attached hydrogens (tertiary/aromatic N) is 3. The Kier molecular flexibility index (Phi) is 4.57. The molecule has 4 nitrogen and oxygen atoms in total. The van der Waals surface area contributed by atoms with Gasteiger partial charge in [0.25, 0.3) is 0 Å². The molecule has 0 N–H and O–H groups in total. The van der Waals surface area contributed by atoms with Gasteiger partial charge in [-0.3, -0.25) is 4.79 Å². The maximum atomic E-state index is 12.8. The zero-order chi connectivity index (χ0) is 19.8. The highest BCUT2D eigenvalue weighted by molar-refractivity contribution is 6.30. The Labute approximate surface area is 174 Å². The van der Waals surface area contributed by atoms with Gasteiger partial charge in [-0.25, -0.2) is 4.98 Å². The molecule has 0 saturated carbocycles. The lowest BCUT2D eigenvalue weighted by molar-refractivity contribution is -0.117. The van der Waals surface area contributed by atoms with Crippen LogP contribution in [0.3, 0.4) is 0 Å². The van der Waals surface area contributed by atoms with Crippen LogP contribution in [0, 0.1) is 0 Å². The van der Waals surface area contributed by atoms with Crippen molar-refractivity contribution in [2.75, 3.05) is 11.4 Å². The Hall–Kier alpha value is -3.11. The van der Waals surface area contributed by atoms with Crippen molar-refractivity contribution in [3.8, 4) is 0 Å². The van der Waals surface area contributed by atoms with Crippen LogP contribution in [0.1, 0.15) is 23.7 Å². The summed E-state index contributed by atoms with van der Waals surface area (Å²) in [6, 6.07) is 26.0. The molecule has 1 fully saturated rings. The van der Waals surface area contributed by atoms with Gasteiger partial charge in [0, 0.05) is 36.1 Å². The lowest BCUT2D eigenvalue weighted by Gasteiger charge is -2.17. The molecule has 1 aliphatic rings. The van der Waals surface area contributed by atoms with Gasteiger partial charge in [-0.1, -0.05) is 54.1 Å². The van der Waals surface area contributed by atoms with Gasteiger partial charge in [0.15, 0.2) is 0 Å². The number of rotatable bonds is 4. The number of hydrogen-bond acceptors (Lipinski definition) is 2. The third-order valence-electron chi connectivity index (χ3n) is 5.50. The van der Waals surface area contributed by atoms with Crippen LogP contribution >= 0.6 is 11.6 Å². The Morgan fingerprint density at radius 3 is 2.45 bits per heavy atom. The molecule has 29 heavy (non-hydrogen) atoms. The van der Waals surface area contributed by atoms with E-state index in [0.29, 0.717) is 18.0 Å². The van der Waals surface area contributed by atoms with Crippen LogP contribution in [0.2, 0.25) is 5.02 Å². The van der Waals surface area contributed by atoms with E-state index in [0.717, 1.165) is 29.1 Å². The number of carbonyl (C=O) groups is 1. The zero-order valence-electron chi connectivity index (χ0n) is 15.8. The van der Waals surface area contributed by atoms with Crippen molar-refractivity contribution in [2.45, 2.75) is 18.9 Å². The number of hydrogen-bond donors (Lipinski definition) is 0. The minimum Gasteiger partial charge on any atom is -0.323 e. The van der Waals surface area contributed by atoms with Gasteiger partial charge in [-0.15, -0.1) is 0 Å². The Morgan fingerprint density at radius 2 is 1.66 bits per heavy atom. The lowest BCUT2D eigenvalue weighted by Crippen LogP contribution is -2.24. The van der Waals surface area contributed by atoms with Crippen LogP contribution < -0.4 is 4.90 Å². The summed E-state index contributed by atoms with van der Waals surface area (Å²) < 4.78 is 2.26. The molecule has 1 atom stereocenters. The number of amides is 1. The van der Waals surface area contributed by atoms with Crippen molar-refractivity contribution in [3.63, 3.8) is 0 Å². The minimum atomic E-state index is 0.0503. The first-order chi connectivity index (χ1) is 14.2. The van der Waals surface area contributed by atoms with Crippen molar-refractivity contribution in [1.82, 2.24) is 9.55 Å². The largest absolute Gasteiger partial charge is 0.323 e. The molecule has 1 aliphatic heterocycles. The number of halogens is 1. The molecular formula is C24H20ClN3O. The Bertz CT molecular complexity index is 1170. The molecule has 0 spiro atoms. The topological polar surface area (TPSA) is 38.1 Å². The molecule has 144 valence electrons. The molecule has 5 rings (SSSR count). The standard InChI is InChI=1S/C24H20ClN3O/c25-19-10-12-20(13-11-19)27-16-18(14-23(27)29)24-26-21-8-4-5-9-22(21)28(24)15-17-6-2-1-3-7-17/h1-13,18H,14-16H2. The van der Waals surface area contributed by atoms with Crippen LogP contribution in [-0.2, 0) is 11.3 Å². The second-order valence-corrected chi connectivity index (χ2v) is 7.85. The van der Waals surface area contributed by atoms with Crippen LogP contribution in [-0.4, -0.2) is 22.0 Å². The molecule has 0 bridgehead atoms. The number of aromatic nitrogens is 2. The molecule has 3 aromatic carbocycles. The van der Waals surface area contributed by atoms with E-state index in [1.54, 1.807) is 0 Å². The quantitative estimate of drug-likeness (QED) is 0.468. The van der Waals surface area contributed by atoms with Gasteiger partial charge in [0.05, 0.1) is 11.0 Å². The summed E-state index contributed by atoms with van der Waals surface area (Å²) in [5.41, 5.74) is 4.17. The van der Waals surface area contributed by atoms with E-state index < -0.39 is 0 Å². The summed E-state index contributed by atoms with van der Waals surface area (Å²) in [6.07, 6.45) is 0.459. The van der Waals surface area contributed by atoms with E-state index in [1.165, 1.54) is 5.56 Å². The SMILES string of the molecule is O=C1CC(c2nc3ccccc3n2Cc2ccccc2)CN1c1ccc(Cl)cc1. The number of anilines is 1. The zero-order valence-corrected chi connectivity index (χ0v) is 16.6. The number of benzene rings is 3. The summed E-state index contributed by atoms with van der Waals surface area (Å²) in [5, 5.41) is 0.668. The Balaban J connectivity index is 1.52. The maximum absolute atomic E-state index is 12.8. The fourth-order valence-electron chi connectivity index (χ4n) is 4.09. The van der Waals surface area contributed by atoms with Crippen molar-refractivity contribution < 1.29 is 4.79 Å². The third-order valence-corrected chi connectivity index (χ3v) is 5.75. The second-order valence-electron chi connectivity index (χ2n) is 7.41. The number of fused-ring (bicyclic) bond motifs is 1. The summed E-state index contributed by atoms with van der Waals surface area (Å²) in [5.74, 6) is 1.14. The van der Waals surface area contributed by atoms with E-state index in [9.17, 15) is 4.79 Å². The molecule has 1 saturated heterocycles. The first-order valence-electron chi connectivity index (χ1n) is 9.74. The average molecular weight is 402 g/mol. The summed E-state index contributed by atoms with van der Waals surface area (Å²) in [6.45, 7) is 1.36. The normalized spacial score (nSPS) is 16.7. The third kappa shape index (κ3) is 3.40. The van der Waals surface area contributed by atoms with Crippen LogP contribution in [0.5, 0.6) is 0 Å². The number of imidazole rings is 1. The molecule has 1 aromatic heterocycles. The fourth-order valence-corrected chi connectivity index (χ4v) is 4.22. The predicted octanol–water partition coefficient (Wildman–Crippen LogP) is 5.26. The second kappa shape index (κ2) is 7.37. The van der Waals surface area contributed by atoms with Crippen LogP contribution in [0.25, 0.3) is 11.0 Å².